The molecule has 1 heterocycles. The minimum Gasteiger partial charge on any atom is -0.369 e. The Morgan fingerprint density at radius 1 is 1.50 bits per heavy atom. The number of amides is 1. The van der Waals surface area contributed by atoms with Crippen LogP contribution in [0.3, 0.4) is 0 Å². The van der Waals surface area contributed by atoms with E-state index in [4.69, 9.17) is 5.73 Å². The number of primary amides is 1. The highest BCUT2D eigenvalue weighted by molar-refractivity contribution is 5.88. The number of hydrogen-bond donors (Lipinski definition) is 2. The van der Waals surface area contributed by atoms with Gasteiger partial charge >= 0.3 is 0 Å². The van der Waals surface area contributed by atoms with Crippen LogP contribution in [0.4, 0.5) is 0 Å². The Bertz CT molecular complexity index is 485. The molecule has 72 valence electrons. The molecule has 3 nitrogen and oxygen atoms in total. The van der Waals surface area contributed by atoms with Crippen molar-refractivity contribution in [3.8, 4) is 0 Å². The van der Waals surface area contributed by atoms with Crippen molar-refractivity contribution in [2.45, 2.75) is 13.3 Å². The van der Waals surface area contributed by atoms with Crippen LogP contribution in [0.5, 0.6) is 0 Å². The normalized spacial score (nSPS) is 10.6. The zero-order chi connectivity index (χ0) is 10.1. The average molecular weight is 188 g/mol. The second kappa shape index (κ2) is 3.18. The van der Waals surface area contributed by atoms with E-state index in [1.165, 1.54) is 5.56 Å². The van der Waals surface area contributed by atoms with Crippen molar-refractivity contribution in [1.29, 1.82) is 0 Å². The molecule has 3 heteroatoms. The molecule has 2 aromatic rings. The maximum atomic E-state index is 10.8. The summed E-state index contributed by atoms with van der Waals surface area (Å²) in [5.41, 5.74) is 8.36. The van der Waals surface area contributed by atoms with Crippen molar-refractivity contribution < 1.29 is 4.79 Å². The molecule has 0 atom stereocenters. The molecule has 0 fully saturated rings. The fraction of sp³-hybridized carbons (Fsp3) is 0.182. The number of fused-ring (bicyclic) bond motifs is 1. The number of aromatic amines is 1. The Labute approximate surface area is 81.9 Å². The lowest BCUT2D eigenvalue weighted by Crippen LogP contribution is -2.13. The Morgan fingerprint density at radius 3 is 3.00 bits per heavy atom. The highest BCUT2D eigenvalue weighted by atomic mass is 16.1. The van der Waals surface area contributed by atoms with E-state index in [9.17, 15) is 4.79 Å². The van der Waals surface area contributed by atoms with Crippen LogP contribution in [0, 0.1) is 6.92 Å². The van der Waals surface area contributed by atoms with Gasteiger partial charge in [-0.25, -0.2) is 0 Å². The van der Waals surface area contributed by atoms with Crippen molar-refractivity contribution >= 4 is 16.8 Å². The molecule has 0 saturated heterocycles. The second-order valence-corrected chi connectivity index (χ2v) is 3.51. The minimum atomic E-state index is -0.299. The molecule has 1 aromatic heterocycles. The standard InChI is InChI=1S/C11H12N2O/c1-7-2-3-10-9(4-7)8(6-13-10)5-11(12)14/h2-4,6,13H,5H2,1H3,(H2,12,14). The Morgan fingerprint density at radius 2 is 2.29 bits per heavy atom. The first kappa shape index (κ1) is 8.81. The highest BCUT2D eigenvalue weighted by Crippen LogP contribution is 2.19. The molecule has 0 radical (unpaired) electrons. The maximum Gasteiger partial charge on any atom is 0.221 e. The summed E-state index contributed by atoms with van der Waals surface area (Å²) in [5.74, 6) is -0.299. The third-order valence-electron chi connectivity index (χ3n) is 2.29. The van der Waals surface area contributed by atoms with E-state index in [0.717, 1.165) is 16.5 Å². The van der Waals surface area contributed by atoms with Gasteiger partial charge in [0.25, 0.3) is 0 Å². The van der Waals surface area contributed by atoms with E-state index >= 15 is 0 Å². The van der Waals surface area contributed by atoms with Crippen LogP contribution in [0.1, 0.15) is 11.1 Å². The lowest BCUT2D eigenvalue weighted by Gasteiger charge is -1.96. The Balaban J connectivity index is 2.55. The minimum absolute atomic E-state index is 0.295. The summed E-state index contributed by atoms with van der Waals surface area (Å²) >= 11 is 0. The summed E-state index contributed by atoms with van der Waals surface area (Å²) in [6.45, 7) is 2.03. The van der Waals surface area contributed by atoms with Crippen LogP contribution in [0.2, 0.25) is 0 Å². The lowest BCUT2D eigenvalue weighted by molar-refractivity contribution is -0.117. The Kier molecular flexibility index (Phi) is 2.00. The first-order valence-electron chi connectivity index (χ1n) is 4.52. The lowest BCUT2D eigenvalue weighted by atomic mass is 10.1. The SMILES string of the molecule is Cc1ccc2[nH]cc(CC(N)=O)c2c1. The molecule has 0 bridgehead atoms. The summed E-state index contributed by atoms with van der Waals surface area (Å²) < 4.78 is 0. The van der Waals surface area contributed by atoms with E-state index < -0.39 is 0 Å². The zero-order valence-electron chi connectivity index (χ0n) is 8.00. The van der Waals surface area contributed by atoms with E-state index in [1.807, 2.05) is 25.3 Å². The molecule has 0 aliphatic rings. The van der Waals surface area contributed by atoms with Crippen molar-refractivity contribution in [3.05, 3.63) is 35.5 Å². The van der Waals surface area contributed by atoms with Gasteiger partial charge in [-0.3, -0.25) is 4.79 Å². The number of aryl methyl sites for hydroxylation is 1. The zero-order valence-corrected chi connectivity index (χ0v) is 8.00. The van der Waals surface area contributed by atoms with Crippen LogP contribution in [-0.2, 0) is 11.2 Å². The molecule has 0 spiro atoms. The predicted molar refractivity (Wildman–Crippen MR) is 55.9 cm³/mol. The van der Waals surface area contributed by atoms with Gasteiger partial charge in [0.1, 0.15) is 0 Å². The summed E-state index contributed by atoms with van der Waals surface area (Å²) in [6, 6.07) is 6.10. The molecule has 1 aromatic carbocycles. The largest absolute Gasteiger partial charge is 0.369 e. The maximum absolute atomic E-state index is 10.8. The van der Waals surface area contributed by atoms with Crippen LogP contribution in [-0.4, -0.2) is 10.9 Å². The smallest absolute Gasteiger partial charge is 0.221 e. The quantitative estimate of drug-likeness (QED) is 0.737. The molecule has 2 rings (SSSR count). The van der Waals surface area contributed by atoms with Gasteiger partial charge in [-0.05, 0) is 24.6 Å². The van der Waals surface area contributed by atoms with Crippen LogP contribution >= 0.6 is 0 Å². The number of nitrogens with two attached hydrogens (primary N) is 1. The summed E-state index contributed by atoms with van der Waals surface area (Å²) in [6.07, 6.45) is 2.14. The first-order valence-corrected chi connectivity index (χ1v) is 4.52. The summed E-state index contributed by atoms with van der Waals surface area (Å²) in [7, 11) is 0. The summed E-state index contributed by atoms with van der Waals surface area (Å²) in [5, 5.41) is 1.09. The van der Waals surface area contributed by atoms with E-state index in [1.54, 1.807) is 0 Å². The van der Waals surface area contributed by atoms with Gasteiger partial charge in [-0.1, -0.05) is 11.6 Å². The van der Waals surface area contributed by atoms with Crippen LogP contribution < -0.4 is 5.73 Å². The van der Waals surface area contributed by atoms with Gasteiger partial charge in [0.2, 0.25) is 5.91 Å². The Hall–Kier alpha value is -1.77. The highest BCUT2D eigenvalue weighted by Gasteiger charge is 2.05. The predicted octanol–water partition coefficient (Wildman–Crippen LogP) is 1.50. The van der Waals surface area contributed by atoms with Gasteiger partial charge in [-0.15, -0.1) is 0 Å². The van der Waals surface area contributed by atoms with E-state index in [2.05, 4.69) is 11.1 Å². The molecular formula is C11H12N2O. The number of hydrogen-bond acceptors (Lipinski definition) is 1. The molecule has 0 aliphatic heterocycles. The summed E-state index contributed by atoms with van der Waals surface area (Å²) in [4.78, 5) is 13.9. The molecule has 0 aliphatic carbocycles. The molecule has 1 amide bonds. The topological polar surface area (TPSA) is 58.9 Å². The van der Waals surface area contributed by atoms with Gasteiger partial charge in [0.15, 0.2) is 0 Å². The molecule has 3 N–H and O–H groups in total. The van der Waals surface area contributed by atoms with Crippen molar-refractivity contribution in [1.82, 2.24) is 4.98 Å². The second-order valence-electron chi connectivity index (χ2n) is 3.51. The van der Waals surface area contributed by atoms with E-state index in [0.29, 0.717) is 6.42 Å². The molecule has 0 saturated carbocycles. The number of nitrogens with one attached hydrogen (secondary N) is 1. The monoisotopic (exact) mass is 188 g/mol. The molecular weight excluding hydrogens is 176 g/mol. The fourth-order valence-electron chi connectivity index (χ4n) is 1.63. The number of carbonyl (C=O) groups is 1. The average Bonchev–Trinajstić information content (AvgIpc) is 2.47. The van der Waals surface area contributed by atoms with Gasteiger partial charge < -0.3 is 10.7 Å². The molecule has 14 heavy (non-hydrogen) atoms. The number of aromatic nitrogens is 1. The van der Waals surface area contributed by atoms with Crippen molar-refractivity contribution in [2.75, 3.05) is 0 Å². The third kappa shape index (κ3) is 1.48. The van der Waals surface area contributed by atoms with E-state index in [-0.39, 0.29) is 5.91 Å². The van der Waals surface area contributed by atoms with Gasteiger partial charge in [-0.2, -0.15) is 0 Å². The number of carbonyl (C=O) groups excluding carboxylic acids is 1. The van der Waals surface area contributed by atoms with Crippen molar-refractivity contribution in [3.63, 3.8) is 0 Å². The number of H-pyrrole nitrogens is 1. The number of rotatable bonds is 2. The van der Waals surface area contributed by atoms with Gasteiger partial charge in [0.05, 0.1) is 6.42 Å². The molecule has 0 unspecified atom stereocenters. The van der Waals surface area contributed by atoms with Gasteiger partial charge in [0, 0.05) is 17.1 Å². The first-order chi connectivity index (χ1) is 6.66. The van der Waals surface area contributed by atoms with Crippen LogP contribution in [0.25, 0.3) is 10.9 Å². The van der Waals surface area contributed by atoms with Crippen molar-refractivity contribution in [2.24, 2.45) is 5.73 Å². The number of benzene rings is 1. The van der Waals surface area contributed by atoms with Crippen LogP contribution in [0.15, 0.2) is 24.4 Å². The fourth-order valence-corrected chi connectivity index (χ4v) is 1.63. The third-order valence-corrected chi connectivity index (χ3v) is 2.29.